The van der Waals surface area contributed by atoms with Crippen molar-refractivity contribution in [2.75, 3.05) is 20.7 Å². The molecule has 1 aliphatic heterocycles. The Morgan fingerprint density at radius 3 is 2.68 bits per heavy atom. The molecule has 2 amide bonds. The van der Waals surface area contributed by atoms with Crippen LogP contribution in [-0.4, -0.2) is 78.7 Å². The van der Waals surface area contributed by atoms with Gasteiger partial charge in [-0.3, -0.25) is 14.4 Å². The van der Waals surface area contributed by atoms with Crippen LogP contribution in [-0.2, 0) is 30.3 Å². The molecule has 3 N–H and O–H groups in total. The first-order valence-corrected chi connectivity index (χ1v) is 11.4. The van der Waals surface area contributed by atoms with Crippen LogP contribution in [0.3, 0.4) is 0 Å². The number of carbonyl (C=O) groups excluding carboxylic acids is 3. The van der Waals surface area contributed by atoms with Crippen molar-refractivity contribution in [2.24, 2.45) is 0 Å². The lowest BCUT2D eigenvalue weighted by molar-refractivity contribution is -0.150. The molecule has 1 aromatic heterocycles. The van der Waals surface area contributed by atoms with E-state index in [1.807, 2.05) is 0 Å². The highest BCUT2D eigenvalue weighted by molar-refractivity contribution is 5.90. The van der Waals surface area contributed by atoms with Crippen molar-refractivity contribution in [3.8, 4) is 0 Å². The number of likely N-dealkylation sites (tertiary alicyclic amines) is 1. The van der Waals surface area contributed by atoms with E-state index in [1.165, 1.54) is 26.2 Å². The Morgan fingerprint density at radius 1 is 1.29 bits per heavy atom. The molecule has 0 unspecified atom stereocenters. The molecular weight excluding hydrogens is 443 g/mol. The number of benzene rings is 1. The van der Waals surface area contributed by atoms with E-state index in [2.05, 4.69) is 15.6 Å². The van der Waals surface area contributed by atoms with Crippen molar-refractivity contribution < 1.29 is 28.2 Å². The number of nitrogens with one attached hydrogen (secondary N) is 3. The molecule has 0 bridgehead atoms. The quantitative estimate of drug-likeness (QED) is 0.473. The van der Waals surface area contributed by atoms with E-state index in [0.29, 0.717) is 24.9 Å². The number of hydrogen-bond acceptors (Lipinski definition) is 6. The third-order valence-corrected chi connectivity index (χ3v) is 6.47. The molecule has 2 heterocycles. The van der Waals surface area contributed by atoms with E-state index in [1.54, 1.807) is 38.1 Å². The van der Waals surface area contributed by atoms with Gasteiger partial charge in [0.1, 0.15) is 18.0 Å². The summed E-state index contributed by atoms with van der Waals surface area (Å²) in [4.78, 5) is 42.7. The topological polar surface area (TPSA) is 113 Å². The Labute approximate surface area is 198 Å². The predicted octanol–water partition coefficient (Wildman–Crippen LogP) is 1.51. The summed E-state index contributed by atoms with van der Waals surface area (Å²) in [5.74, 6) is -1.41. The second kappa shape index (κ2) is 11.0. The van der Waals surface area contributed by atoms with Crippen LogP contribution in [0.25, 0.3) is 10.9 Å². The second-order valence-corrected chi connectivity index (χ2v) is 8.68. The normalized spacial score (nSPS) is 20.7. The molecular formula is C24H33FN4O5. The molecule has 10 heteroatoms. The molecule has 0 radical (unpaired) electrons. The molecule has 1 aromatic carbocycles. The molecule has 5 atom stereocenters. The molecule has 9 nitrogen and oxygen atoms in total. The lowest BCUT2D eigenvalue weighted by Crippen LogP contribution is -2.58. The van der Waals surface area contributed by atoms with E-state index in [0.717, 1.165) is 10.9 Å². The van der Waals surface area contributed by atoms with Gasteiger partial charge < -0.3 is 30.0 Å². The molecule has 3 rings (SSSR count). The lowest BCUT2D eigenvalue weighted by Gasteiger charge is -2.33. The van der Waals surface area contributed by atoms with Gasteiger partial charge in [-0.2, -0.15) is 0 Å². The smallest absolute Gasteiger partial charge is 0.302 e. The van der Waals surface area contributed by atoms with E-state index >= 15 is 0 Å². The van der Waals surface area contributed by atoms with Crippen LogP contribution in [0, 0.1) is 5.82 Å². The zero-order valence-corrected chi connectivity index (χ0v) is 20.2. The Hall–Kier alpha value is -2.98. The summed E-state index contributed by atoms with van der Waals surface area (Å²) in [5, 5.41) is 6.48. The van der Waals surface area contributed by atoms with Crippen molar-refractivity contribution in [1.82, 2.24) is 20.5 Å². The first-order chi connectivity index (χ1) is 16.2. The Kier molecular flexibility index (Phi) is 8.27. The highest BCUT2D eigenvalue weighted by atomic mass is 19.1. The SMILES string of the molecule is CN[C@@H](C)C(=O)N[C@H](C(=O)N1CC[C@H](OC(C)=O)[C@H]1Cc1c[nH]c2cc(F)ccc12)[C@@H](C)OC. The minimum absolute atomic E-state index is 0.309. The first-order valence-electron chi connectivity index (χ1n) is 11.4. The molecule has 186 valence electrons. The van der Waals surface area contributed by atoms with Crippen LogP contribution in [0.15, 0.2) is 24.4 Å². The maximum atomic E-state index is 13.7. The number of H-pyrrole nitrogens is 1. The van der Waals surface area contributed by atoms with Gasteiger partial charge in [0, 0.05) is 44.1 Å². The summed E-state index contributed by atoms with van der Waals surface area (Å²) in [5.41, 5.74) is 1.52. The summed E-state index contributed by atoms with van der Waals surface area (Å²) in [7, 11) is 3.14. The second-order valence-electron chi connectivity index (χ2n) is 8.68. The van der Waals surface area contributed by atoms with Crippen LogP contribution in [0.5, 0.6) is 0 Å². The van der Waals surface area contributed by atoms with Crippen molar-refractivity contribution >= 4 is 28.7 Å². The van der Waals surface area contributed by atoms with Crippen LogP contribution < -0.4 is 10.6 Å². The first kappa shape index (κ1) is 25.6. The highest BCUT2D eigenvalue weighted by Crippen LogP contribution is 2.29. The fourth-order valence-electron chi connectivity index (χ4n) is 4.35. The number of amides is 2. The number of aromatic amines is 1. The minimum atomic E-state index is -0.913. The molecule has 34 heavy (non-hydrogen) atoms. The maximum absolute atomic E-state index is 13.7. The van der Waals surface area contributed by atoms with Crippen molar-refractivity contribution in [3.05, 3.63) is 35.8 Å². The number of esters is 1. The lowest BCUT2D eigenvalue weighted by atomic mass is 10.00. The molecule has 0 aliphatic carbocycles. The van der Waals surface area contributed by atoms with E-state index in [4.69, 9.17) is 9.47 Å². The summed E-state index contributed by atoms with van der Waals surface area (Å²) in [6, 6.07) is 2.63. The number of methoxy groups -OCH3 is 1. The van der Waals surface area contributed by atoms with Gasteiger partial charge in [-0.05, 0) is 51.1 Å². The van der Waals surface area contributed by atoms with Gasteiger partial charge in [-0.1, -0.05) is 0 Å². The number of rotatable bonds is 9. The summed E-state index contributed by atoms with van der Waals surface area (Å²) >= 11 is 0. The number of fused-ring (bicyclic) bond motifs is 1. The molecule has 0 saturated carbocycles. The number of ether oxygens (including phenoxy) is 2. The summed E-state index contributed by atoms with van der Waals surface area (Å²) in [6.45, 7) is 5.12. The number of likely N-dealkylation sites (N-methyl/N-ethyl adjacent to an activating group) is 1. The predicted molar refractivity (Wildman–Crippen MR) is 125 cm³/mol. The molecule has 1 fully saturated rings. The highest BCUT2D eigenvalue weighted by Gasteiger charge is 2.43. The monoisotopic (exact) mass is 476 g/mol. The number of nitrogens with zero attached hydrogens (tertiary/aromatic N) is 1. The Morgan fingerprint density at radius 2 is 2.03 bits per heavy atom. The van der Waals surface area contributed by atoms with Gasteiger partial charge in [0.15, 0.2) is 0 Å². The molecule has 2 aromatic rings. The van der Waals surface area contributed by atoms with E-state index in [9.17, 15) is 18.8 Å². The average molecular weight is 477 g/mol. The van der Waals surface area contributed by atoms with Gasteiger partial charge in [0.2, 0.25) is 11.8 Å². The standard InChI is InChI=1S/C24H33FN4O5/c1-13(26-4)23(31)28-22(14(2)33-5)24(32)29-9-8-21(34-15(3)30)20(29)10-16-12-27-19-11-17(25)6-7-18(16)19/h6-7,11-14,20-22,26-27H,8-10H2,1-5H3,(H,28,31)/t13-,14+,20+,21-,22-/m0/s1. The van der Waals surface area contributed by atoms with Gasteiger partial charge in [-0.25, -0.2) is 4.39 Å². The average Bonchev–Trinajstić information content (AvgIpc) is 3.39. The number of aromatic nitrogens is 1. The van der Waals surface area contributed by atoms with Crippen LogP contribution >= 0.6 is 0 Å². The van der Waals surface area contributed by atoms with E-state index < -0.39 is 36.3 Å². The Balaban J connectivity index is 1.90. The van der Waals surface area contributed by atoms with Gasteiger partial charge >= 0.3 is 5.97 Å². The van der Waals surface area contributed by atoms with Gasteiger partial charge in [0.25, 0.3) is 0 Å². The summed E-state index contributed by atoms with van der Waals surface area (Å²) in [6.07, 6.45) is 1.57. The third kappa shape index (κ3) is 5.56. The zero-order chi connectivity index (χ0) is 25.0. The van der Waals surface area contributed by atoms with Gasteiger partial charge in [0.05, 0.1) is 18.2 Å². The number of halogens is 1. The minimum Gasteiger partial charge on any atom is -0.460 e. The molecule has 1 aliphatic rings. The fraction of sp³-hybridized carbons (Fsp3) is 0.542. The van der Waals surface area contributed by atoms with Crippen LogP contribution in [0.2, 0.25) is 0 Å². The van der Waals surface area contributed by atoms with Crippen molar-refractivity contribution in [1.29, 1.82) is 0 Å². The maximum Gasteiger partial charge on any atom is 0.302 e. The largest absolute Gasteiger partial charge is 0.460 e. The number of carbonyl (C=O) groups is 3. The Bertz CT molecular complexity index is 1040. The molecule has 0 spiro atoms. The molecule has 1 saturated heterocycles. The zero-order valence-electron chi connectivity index (χ0n) is 20.2. The third-order valence-electron chi connectivity index (χ3n) is 6.47. The van der Waals surface area contributed by atoms with Crippen LogP contribution in [0.1, 0.15) is 32.8 Å². The fourth-order valence-corrected chi connectivity index (χ4v) is 4.35. The van der Waals surface area contributed by atoms with Gasteiger partial charge in [-0.15, -0.1) is 0 Å². The van der Waals surface area contributed by atoms with Crippen molar-refractivity contribution in [3.63, 3.8) is 0 Å². The van der Waals surface area contributed by atoms with Crippen molar-refractivity contribution in [2.45, 2.75) is 63.9 Å². The number of hydrogen-bond donors (Lipinski definition) is 3. The van der Waals surface area contributed by atoms with Crippen LogP contribution in [0.4, 0.5) is 4.39 Å². The van der Waals surface area contributed by atoms with E-state index in [-0.39, 0.29) is 17.6 Å². The summed E-state index contributed by atoms with van der Waals surface area (Å²) < 4.78 is 24.6.